The van der Waals surface area contributed by atoms with Gasteiger partial charge in [-0.05, 0) is 45.1 Å². The van der Waals surface area contributed by atoms with Crippen molar-refractivity contribution in [3.8, 4) is 0 Å². The maximum Gasteiger partial charge on any atom is 0.323 e. The van der Waals surface area contributed by atoms with Crippen LogP contribution in [0.2, 0.25) is 0 Å². The van der Waals surface area contributed by atoms with Gasteiger partial charge in [-0.2, -0.15) is 0 Å². The molecule has 2 N–H and O–H groups in total. The Morgan fingerprint density at radius 1 is 1.25 bits per heavy atom. The largest absolute Gasteiger partial charge is 0.461 e. The van der Waals surface area contributed by atoms with Crippen LogP contribution in [0.3, 0.4) is 0 Å². The molecule has 2 fully saturated rings. The predicted octanol–water partition coefficient (Wildman–Crippen LogP) is 1.53. The lowest BCUT2D eigenvalue weighted by molar-refractivity contribution is -0.152. The Balaban J connectivity index is 1.71. The van der Waals surface area contributed by atoms with Crippen molar-refractivity contribution in [2.45, 2.75) is 56.7 Å². The number of hydrogen-bond acceptors (Lipinski definition) is 4. The first-order chi connectivity index (χ1) is 7.79. The molecule has 0 aromatic heterocycles. The number of carbonyl (C=O) groups excluding carboxylic acids is 1. The molecule has 92 valence electrons. The maximum absolute atomic E-state index is 11.8. The fourth-order valence-electron chi connectivity index (χ4n) is 2.42. The molecule has 4 nitrogen and oxygen atoms in total. The Labute approximate surface area is 110 Å². The number of hydrogen-bond donors (Lipinski definition) is 2. The number of esters is 1. The first-order valence-corrected chi connectivity index (χ1v) is 7.17. The van der Waals surface area contributed by atoms with E-state index in [1.54, 1.807) is 0 Å². The van der Waals surface area contributed by atoms with Gasteiger partial charge in [0.15, 0.2) is 0 Å². The second-order valence-corrected chi connectivity index (χ2v) is 5.29. The summed E-state index contributed by atoms with van der Waals surface area (Å²) in [6.45, 7) is 0.950. The smallest absolute Gasteiger partial charge is 0.323 e. The predicted molar refractivity (Wildman–Crippen MR) is 70.3 cm³/mol. The standard InChI is InChI=1S/C11H19IN2O2/c12-14-8-3-5-9(6-4-8)16-11(15)10-2-1-7-13-10/h8-10,13-14H,1-7H2/t8?,9?,10-/m0/s1. The van der Waals surface area contributed by atoms with Crippen molar-refractivity contribution in [1.29, 1.82) is 0 Å². The first kappa shape index (κ1) is 12.6. The monoisotopic (exact) mass is 338 g/mol. The Hall–Kier alpha value is 0.120. The van der Waals surface area contributed by atoms with E-state index in [1.807, 2.05) is 0 Å². The van der Waals surface area contributed by atoms with Crippen LogP contribution in [0, 0.1) is 0 Å². The zero-order chi connectivity index (χ0) is 11.4. The molecule has 0 aromatic carbocycles. The number of nitrogens with one attached hydrogen (secondary N) is 2. The van der Waals surface area contributed by atoms with E-state index in [-0.39, 0.29) is 18.1 Å². The molecule has 1 aliphatic carbocycles. The summed E-state index contributed by atoms with van der Waals surface area (Å²) in [5.41, 5.74) is 0. The number of carbonyl (C=O) groups is 1. The van der Waals surface area contributed by atoms with Gasteiger partial charge in [-0.1, -0.05) is 0 Å². The molecular weight excluding hydrogens is 319 g/mol. The van der Waals surface area contributed by atoms with Crippen LogP contribution in [0.25, 0.3) is 0 Å². The van der Waals surface area contributed by atoms with Gasteiger partial charge in [0.25, 0.3) is 0 Å². The molecule has 0 radical (unpaired) electrons. The molecule has 2 aliphatic rings. The molecular formula is C11H19IN2O2. The average molecular weight is 338 g/mol. The Kier molecular flexibility index (Phi) is 4.84. The third-order valence-electron chi connectivity index (χ3n) is 3.46. The molecule has 1 aliphatic heterocycles. The molecule has 1 atom stereocenters. The van der Waals surface area contributed by atoms with Crippen molar-refractivity contribution in [3.05, 3.63) is 0 Å². The average Bonchev–Trinajstić information content (AvgIpc) is 2.83. The van der Waals surface area contributed by atoms with Crippen LogP contribution in [0.15, 0.2) is 0 Å². The minimum Gasteiger partial charge on any atom is -0.461 e. The molecule has 1 saturated heterocycles. The highest BCUT2D eigenvalue weighted by Crippen LogP contribution is 2.22. The number of halogens is 1. The summed E-state index contributed by atoms with van der Waals surface area (Å²) in [6.07, 6.45) is 6.39. The van der Waals surface area contributed by atoms with E-state index in [4.69, 9.17) is 4.74 Å². The summed E-state index contributed by atoms with van der Waals surface area (Å²) in [4.78, 5) is 11.8. The third kappa shape index (κ3) is 3.30. The van der Waals surface area contributed by atoms with Crippen LogP contribution in [0.5, 0.6) is 0 Å². The maximum atomic E-state index is 11.8. The SMILES string of the molecule is O=C(OC1CCC(NI)CC1)[C@@H]1CCCN1. The fraction of sp³-hybridized carbons (Fsp3) is 0.909. The van der Waals surface area contributed by atoms with E-state index in [9.17, 15) is 4.79 Å². The summed E-state index contributed by atoms with van der Waals surface area (Å²) in [5, 5.41) is 3.18. The van der Waals surface area contributed by atoms with E-state index in [0.717, 1.165) is 45.1 Å². The molecule has 16 heavy (non-hydrogen) atoms. The van der Waals surface area contributed by atoms with Crippen LogP contribution >= 0.6 is 22.9 Å². The zero-order valence-corrected chi connectivity index (χ0v) is 11.5. The van der Waals surface area contributed by atoms with Crippen molar-refractivity contribution in [1.82, 2.24) is 8.85 Å². The van der Waals surface area contributed by atoms with E-state index in [1.165, 1.54) is 0 Å². The lowest BCUT2D eigenvalue weighted by Crippen LogP contribution is -2.37. The topological polar surface area (TPSA) is 50.4 Å². The van der Waals surface area contributed by atoms with E-state index in [0.29, 0.717) is 6.04 Å². The second kappa shape index (κ2) is 6.16. The molecule has 0 spiro atoms. The zero-order valence-electron chi connectivity index (χ0n) is 9.38. The Morgan fingerprint density at radius 2 is 2.00 bits per heavy atom. The Morgan fingerprint density at radius 3 is 2.56 bits per heavy atom. The fourth-order valence-corrected chi connectivity index (χ4v) is 3.04. The summed E-state index contributed by atoms with van der Waals surface area (Å²) in [5.74, 6) is -0.0385. The van der Waals surface area contributed by atoms with Crippen LogP contribution in [0.4, 0.5) is 0 Å². The first-order valence-electron chi connectivity index (χ1n) is 6.09. The van der Waals surface area contributed by atoms with Gasteiger partial charge in [-0.15, -0.1) is 0 Å². The summed E-state index contributed by atoms with van der Waals surface area (Å²) in [7, 11) is 0. The molecule has 1 saturated carbocycles. The normalized spacial score (nSPS) is 34.9. The van der Waals surface area contributed by atoms with E-state index < -0.39 is 0 Å². The van der Waals surface area contributed by atoms with Gasteiger partial charge in [0.2, 0.25) is 0 Å². The molecule has 0 aromatic rings. The van der Waals surface area contributed by atoms with Gasteiger partial charge in [-0.3, -0.25) is 8.32 Å². The van der Waals surface area contributed by atoms with Crippen LogP contribution in [-0.2, 0) is 9.53 Å². The highest BCUT2D eigenvalue weighted by atomic mass is 127. The van der Waals surface area contributed by atoms with Gasteiger partial charge in [0.1, 0.15) is 12.1 Å². The molecule has 0 bridgehead atoms. The number of ether oxygens (including phenoxy) is 1. The lowest BCUT2D eigenvalue weighted by Gasteiger charge is -2.28. The minimum absolute atomic E-state index is 0.0385. The molecule has 2 rings (SSSR count). The highest BCUT2D eigenvalue weighted by Gasteiger charge is 2.28. The van der Waals surface area contributed by atoms with Crippen LogP contribution in [0.1, 0.15) is 38.5 Å². The van der Waals surface area contributed by atoms with Crippen molar-refractivity contribution in [2.24, 2.45) is 0 Å². The van der Waals surface area contributed by atoms with E-state index >= 15 is 0 Å². The van der Waals surface area contributed by atoms with Gasteiger partial charge in [0, 0.05) is 28.9 Å². The molecule has 0 unspecified atom stereocenters. The minimum atomic E-state index is -0.0413. The van der Waals surface area contributed by atoms with Crippen molar-refractivity contribution in [3.63, 3.8) is 0 Å². The van der Waals surface area contributed by atoms with Gasteiger partial charge in [-0.25, -0.2) is 0 Å². The van der Waals surface area contributed by atoms with Crippen molar-refractivity contribution in [2.75, 3.05) is 6.54 Å². The number of rotatable bonds is 3. The second-order valence-electron chi connectivity index (χ2n) is 4.67. The van der Waals surface area contributed by atoms with Gasteiger partial charge in [0.05, 0.1) is 0 Å². The quantitative estimate of drug-likeness (QED) is 0.466. The summed E-state index contributed by atoms with van der Waals surface area (Å²) >= 11 is 2.20. The summed E-state index contributed by atoms with van der Waals surface area (Å²) < 4.78 is 8.79. The molecule has 5 heteroatoms. The highest BCUT2D eigenvalue weighted by molar-refractivity contribution is 14.1. The van der Waals surface area contributed by atoms with Crippen LogP contribution in [-0.4, -0.2) is 30.7 Å². The Bertz CT molecular complexity index is 236. The van der Waals surface area contributed by atoms with Crippen LogP contribution < -0.4 is 8.85 Å². The third-order valence-corrected chi connectivity index (χ3v) is 4.34. The van der Waals surface area contributed by atoms with Gasteiger partial charge >= 0.3 is 5.97 Å². The van der Waals surface area contributed by atoms with Crippen molar-refractivity contribution < 1.29 is 9.53 Å². The van der Waals surface area contributed by atoms with Crippen molar-refractivity contribution >= 4 is 28.8 Å². The molecule has 1 heterocycles. The van der Waals surface area contributed by atoms with Gasteiger partial charge < -0.3 is 10.1 Å². The molecule has 0 amide bonds. The lowest BCUT2D eigenvalue weighted by atomic mass is 9.94. The van der Waals surface area contributed by atoms with E-state index in [2.05, 4.69) is 31.7 Å². The summed E-state index contributed by atoms with van der Waals surface area (Å²) in [6, 6.07) is 0.556.